The number of carbonyl (C=O) groups excluding carboxylic acids is 2. The van der Waals surface area contributed by atoms with Crippen LogP contribution in [0.15, 0.2) is 42.9 Å². The van der Waals surface area contributed by atoms with Crippen molar-refractivity contribution in [3.8, 4) is 0 Å². The van der Waals surface area contributed by atoms with Crippen molar-refractivity contribution < 1.29 is 9.59 Å². The molecule has 0 unspecified atom stereocenters. The van der Waals surface area contributed by atoms with Gasteiger partial charge in [-0.25, -0.2) is 0 Å². The van der Waals surface area contributed by atoms with E-state index in [4.69, 9.17) is 0 Å². The highest BCUT2D eigenvalue weighted by molar-refractivity contribution is 5.95. The summed E-state index contributed by atoms with van der Waals surface area (Å²) < 4.78 is 1.86. The molecular weight excluding hydrogens is 316 g/mol. The number of pyridine rings is 1. The van der Waals surface area contributed by atoms with Crippen LogP contribution in [0.5, 0.6) is 0 Å². The van der Waals surface area contributed by atoms with Crippen LogP contribution in [0.3, 0.4) is 0 Å². The Balaban J connectivity index is 1.56. The maximum absolute atomic E-state index is 13.0. The minimum atomic E-state index is 0.0347. The number of rotatable bonds is 2. The van der Waals surface area contributed by atoms with Gasteiger partial charge < -0.3 is 14.4 Å². The molecule has 5 rings (SSSR count). The molecule has 0 N–H and O–H groups in total. The summed E-state index contributed by atoms with van der Waals surface area (Å²) in [5, 5.41) is 0. The van der Waals surface area contributed by atoms with Crippen LogP contribution < -0.4 is 0 Å². The van der Waals surface area contributed by atoms with Crippen LogP contribution in [0.25, 0.3) is 0 Å². The van der Waals surface area contributed by atoms with Crippen LogP contribution >= 0.6 is 0 Å². The number of nitrogens with zero attached hydrogens (tertiary/aromatic N) is 4. The second-order valence-corrected chi connectivity index (χ2v) is 7.01. The van der Waals surface area contributed by atoms with E-state index in [0.29, 0.717) is 30.3 Å². The number of hydrogen-bond acceptors (Lipinski definition) is 3. The highest BCUT2D eigenvalue weighted by Gasteiger charge is 2.39. The lowest BCUT2D eigenvalue weighted by Crippen LogP contribution is -2.48. The van der Waals surface area contributed by atoms with Gasteiger partial charge in [0.2, 0.25) is 0 Å². The molecule has 2 atom stereocenters. The van der Waals surface area contributed by atoms with Gasteiger partial charge in [0.1, 0.15) is 5.69 Å². The Bertz CT molecular complexity index is 786. The average Bonchev–Trinajstić information content (AvgIpc) is 2.87. The van der Waals surface area contributed by atoms with Crippen molar-refractivity contribution >= 4 is 11.8 Å². The Morgan fingerprint density at radius 2 is 1.84 bits per heavy atom. The zero-order chi connectivity index (χ0) is 17.4. The van der Waals surface area contributed by atoms with E-state index in [0.717, 1.165) is 19.4 Å². The lowest BCUT2D eigenvalue weighted by molar-refractivity contribution is 0.0565. The number of amides is 2. The molecule has 0 aliphatic carbocycles. The fourth-order valence-corrected chi connectivity index (χ4v) is 4.00. The molecule has 0 aromatic carbocycles. The molecule has 2 aromatic heterocycles. The summed E-state index contributed by atoms with van der Waals surface area (Å²) in [6.07, 6.45) is 7.21. The molecule has 3 fully saturated rings. The summed E-state index contributed by atoms with van der Waals surface area (Å²) in [5.41, 5.74) is 1.37. The van der Waals surface area contributed by atoms with Crippen molar-refractivity contribution in [3.05, 3.63) is 54.1 Å². The first-order valence-corrected chi connectivity index (χ1v) is 8.75. The van der Waals surface area contributed by atoms with Gasteiger partial charge in [-0.2, -0.15) is 0 Å². The van der Waals surface area contributed by atoms with Crippen molar-refractivity contribution in [2.45, 2.75) is 18.9 Å². The van der Waals surface area contributed by atoms with E-state index in [9.17, 15) is 9.59 Å². The molecule has 3 aliphatic heterocycles. The Kier molecular flexibility index (Phi) is 4.03. The summed E-state index contributed by atoms with van der Waals surface area (Å²) in [7, 11) is 1.89. The van der Waals surface area contributed by atoms with E-state index < -0.39 is 0 Å². The van der Waals surface area contributed by atoms with Crippen molar-refractivity contribution in [1.29, 1.82) is 0 Å². The Morgan fingerprint density at radius 1 is 1.04 bits per heavy atom. The maximum atomic E-state index is 13.0. The van der Waals surface area contributed by atoms with Gasteiger partial charge >= 0.3 is 0 Å². The van der Waals surface area contributed by atoms with E-state index in [-0.39, 0.29) is 17.9 Å². The average molecular weight is 338 g/mol. The molecule has 3 aliphatic rings. The van der Waals surface area contributed by atoms with Crippen LogP contribution in [0.2, 0.25) is 0 Å². The van der Waals surface area contributed by atoms with Crippen molar-refractivity contribution in [2.24, 2.45) is 13.0 Å². The number of aryl methyl sites for hydroxylation is 1. The van der Waals surface area contributed by atoms with Gasteiger partial charge in [-0.15, -0.1) is 0 Å². The highest BCUT2D eigenvalue weighted by atomic mass is 16.2. The molecule has 6 nitrogen and oxygen atoms in total. The minimum absolute atomic E-state index is 0.0347. The standard InChI is InChI=1S/C19H22N4O2/c1-21-10-2-3-17(21)19(25)23-12-14-4-5-16(23)13-22(11-14)18(24)15-6-8-20-9-7-15/h2-3,6-10,14,16H,4-5,11-13H2,1H3/t14-,16+/m0/s1. The Labute approximate surface area is 147 Å². The summed E-state index contributed by atoms with van der Waals surface area (Å²) in [5.74, 6) is 0.446. The molecule has 2 aromatic rings. The first-order chi connectivity index (χ1) is 12.1. The van der Waals surface area contributed by atoms with Crippen molar-refractivity contribution in [3.63, 3.8) is 0 Å². The molecule has 130 valence electrons. The molecule has 3 saturated heterocycles. The van der Waals surface area contributed by atoms with Crippen molar-refractivity contribution in [2.75, 3.05) is 19.6 Å². The number of carbonyl (C=O) groups is 2. The normalized spacial score (nSPS) is 22.8. The topological polar surface area (TPSA) is 58.4 Å². The van der Waals surface area contributed by atoms with Crippen molar-refractivity contribution in [1.82, 2.24) is 19.4 Å². The van der Waals surface area contributed by atoms with Gasteiger partial charge in [-0.05, 0) is 43.0 Å². The number of piperidine rings is 1. The maximum Gasteiger partial charge on any atom is 0.270 e. The second-order valence-electron chi connectivity index (χ2n) is 7.01. The number of aromatic nitrogens is 2. The zero-order valence-electron chi connectivity index (χ0n) is 14.3. The molecule has 2 amide bonds. The van der Waals surface area contributed by atoms with Crippen LogP contribution in [0.1, 0.15) is 33.7 Å². The first-order valence-electron chi connectivity index (χ1n) is 8.75. The van der Waals surface area contributed by atoms with Gasteiger partial charge in [0.25, 0.3) is 11.8 Å². The fourth-order valence-electron chi connectivity index (χ4n) is 4.00. The van der Waals surface area contributed by atoms with Gasteiger partial charge in [0.05, 0.1) is 0 Å². The van der Waals surface area contributed by atoms with E-state index in [1.807, 2.05) is 39.7 Å². The van der Waals surface area contributed by atoms with E-state index in [1.165, 1.54) is 0 Å². The first kappa shape index (κ1) is 15.9. The van der Waals surface area contributed by atoms with Gasteiger partial charge in [0, 0.05) is 56.9 Å². The summed E-state index contributed by atoms with van der Waals surface area (Å²) >= 11 is 0. The molecule has 25 heavy (non-hydrogen) atoms. The molecule has 2 bridgehead atoms. The Hall–Kier alpha value is -2.63. The van der Waals surface area contributed by atoms with Crippen LogP contribution in [-0.2, 0) is 7.05 Å². The van der Waals surface area contributed by atoms with E-state index in [1.54, 1.807) is 24.5 Å². The predicted octanol–water partition coefficient (Wildman–Crippen LogP) is 1.80. The third-order valence-corrected chi connectivity index (χ3v) is 5.35. The van der Waals surface area contributed by atoms with Gasteiger partial charge in [-0.3, -0.25) is 14.6 Å². The Morgan fingerprint density at radius 3 is 2.56 bits per heavy atom. The van der Waals surface area contributed by atoms with E-state index in [2.05, 4.69) is 4.98 Å². The minimum Gasteiger partial charge on any atom is -0.347 e. The molecule has 5 heterocycles. The summed E-state index contributed by atoms with van der Waals surface area (Å²) in [6, 6.07) is 7.35. The summed E-state index contributed by atoms with van der Waals surface area (Å²) in [4.78, 5) is 33.7. The number of hydrogen-bond donors (Lipinski definition) is 0. The predicted molar refractivity (Wildman–Crippen MR) is 93.1 cm³/mol. The molecule has 0 spiro atoms. The van der Waals surface area contributed by atoms with Gasteiger partial charge in [-0.1, -0.05) is 0 Å². The lowest BCUT2D eigenvalue weighted by atomic mass is 9.94. The highest BCUT2D eigenvalue weighted by Crippen LogP contribution is 2.30. The SMILES string of the molecule is Cn1cccc1C(=O)N1C[C@H]2CC[C@@H]1CN(C(=O)c1ccncc1)C2. The quantitative estimate of drug-likeness (QED) is 0.839. The number of fused-ring (bicyclic) bond motifs is 4. The van der Waals surface area contributed by atoms with Gasteiger partial charge in [0.15, 0.2) is 0 Å². The lowest BCUT2D eigenvalue weighted by Gasteiger charge is -2.36. The third-order valence-electron chi connectivity index (χ3n) is 5.35. The van der Waals surface area contributed by atoms with Crippen LogP contribution in [0.4, 0.5) is 0 Å². The summed E-state index contributed by atoms with van der Waals surface area (Å²) in [6.45, 7) is 2.05. The second kappa shape index (κ2) is 6.35. The van der Waals surface area contributed by atoms with Crippen LogP contribution in [0, 0.1) is 5.92 Å². The largest absolute Gasteiger partial charge is 0.347 e. The molecular formula is C19H22N4O2. The molecule has 0 radical (unpaired) electrons. The smallest absolute Gasteiger partial charge is 0.270 e. The molecule has 0 saturated carbocycles. The van der Waals surface area contributed by atoms with Crippen LogP contribution in [-0.4, -0.2) is 56.8 Å². The third kappa shape index (κ3) is 2.92. The molecule has 6 heteroatoms. The van der Waals surface area contributed by atoms with E-state index >= 15 is 0 Å². The zero-order valence-corrected chi connectivity index (χ0v) is 14.3. The monoisotopic (exact) mass is 338 g/mol. The fraction of sp³-hybridized carbons (Fsp3) is 0.421.